The smallest absolute Gasteiger partial charge is 0.236 e. The summed E-state index contributed by atoms with van der Waals surface area (Å²) in [5.41, 5.74) is 1.17. The van der Waals surface area contributed by atoms with E-state index in [0.29, 0.717) is 26.2 Å². The van der Waals surface area contributed by atoms with Crippen LogP contribution in [0.25, 0.3) is 0 Å². The number of amides is 2. The Labute approximate surface area is 179 Å². The van der Waals surface area contributed by atoms with Crippen LogP contribution in [0.5, 0.6) is 5.75 Å². The number of carbonyl (C=O) groups is 2. The molecule has 2 saturated heterocycles. The summed E-state index contributed by atoms with van der Waals surface area (Å²) in [7, 11) is 1.68. The van der Waals surface area contributed by atoms with E-state index in [0.717, 1.165) is 58.0 Å². The van der Waals surface area contributed by atoms with Crippen molar-refractivity contribution in [2.45, 2.75) is 13.3 Å². The monoisotopic (exact) mass is 417 g/mol. The van der Waals surface area contributed by atoms with Gasteiger partial charge in [-0.3, -0.25) is 19.4 Å². The van der Waals surface area contributed by atoms with Crippen LogP contribution in [0.15, 0.2) is 24.3 Å². The van der Waals surface area contributed by atoms with Crippen LogP contribution in [-0.4, -0.2) is 106 Å². The van der Waals surface area contributed by atoms with Gasteiger partial charge in [0.05, 0.1) is 20.2 Å². The maximum Gasteiger partial charge on any atom is 0.236 e. The molecule has 1 aromatic rings. The predicted octanol–water partition coefficient (Wildman–Crippen LogP) is 0.488. The Kier molecular flexibility index (Phi) is 8.33. The standard InChI is InChI=1S/C22H35N5O3/c1-3-7-23-21(28)17-24-10-14-27(15-11-24)22(29)18-25-8-12-26(13-9-25)19-5-4-6-20(16-19)30-2/h4-6,16H,3,7-15,17-18H2,1-2H3,(H,23,28). The first-order valence-electron chi connectivity index (χ1n) is 11.0. The molecule has 1 N–H and O–H groups in total. The van der Waals surface area contributed by atoms with Gasteiger partial charge in [0.15, 0.2) is 0 Å². The molecular formula is C22H35N5O3. The van der Waals surface area contributed by atoms with Crippen LogP contribution in [0, 0.1) is 0 Å². The first-order valence-corrected chi connectivity index (χ1v) is 11.0. The second kappa shape index (κ2) is 11.2. The third-order valence-corrected chi connectivity index (χ3v) is 5.81. The molecule has 3 rings (SSSR count). The molecule has 2 amide bonds. The highest BCUT2D eigenvalue weighted by atomic mass is 16.5. The molecule has 0 atom stereocenters. The van der Waals surface area contributed by atoms with E-state index in [-0.39, 0.29) is 11.8 Å². The zero-order valence-electron chi connectivity index (χ0n) is 18.3. The number of ether oxygens (including phenoxy) is 1. The van der Waals surface area contributed by atoms with Gasteiger partial charge in [-0.15, -0.1) is 0 Å². The molecule has 0 aliphatic carbocycles. The largest absolute Gasteiger partial charge is 0.497 e. The highest BCUT2D eigenvalue weighted by molar-refractivity contribution is 5.79. The maximum absolute atomic E-state index is 12.7. The molecular weight excluding hydrogens is 382 g/mol. The van der Waals surface area contributed by atoms with Gasteiger partial charge in [-0.1, -0.05) is 13.0 Å². The highest BCUT2D eigenvalue weighted by Crippen LogP contribution is 2.22. The van der Waals surface area contributed by atoms with E-state index < -0.39 is 0 Å². The van der Waals surface area contributed by atoms with E-state index >= 15 is 0 Å². The molecule has 0 unspecified atom stereocenters. The number of nitrogens with one attached hydrogen (secondary N) is 1. The fourth-order valence-corrected chi connectivity index (χ4v) is 3.94. The van der Waals surface area contributed by atoms with Gasteiger partial charge in [-0.25, -0.2) is 0 Å². The number of rotatable bonds is 8. The number of methoxy groups -OCH3 is 1. The molecule has 2 fully saturated rings. The van der Waals surface area contributed by atoms with Gasteiger partial charge in [0, 0.05) is 70.7 Å². The fourth-order valence-electron chi connectivity index (χ4n) is 3.94. The molecule has 0 bridgehead atoms. The Morgan fingerprint density at radius 1 is 0.967 bits per heavy atom. The Balaban J connectivity index is 1.37. The second-order valence-corrected chi connectivity index (χ2v) is 7.97. The van der Waals surface area contributed by atoms with Gasteiger partial charge in [-0.05, 0) is 18.6 Å². The molecule has 0 spiro atoms. The number of nitrogens with zero attached hydrogens (tertiary/aromatic N) is 4. The SMILES string of the molecule is CCCNC(=O)CN1CCN(C(=O)CN2CCN(c3cccc(OC)c3)CC2)CC1. The van der Waals surface area contributed by atoms with E-state index in [1.807, 2.05) is 24.0 Å². The molecule has 2 aliphatic rings. The van der Waals surface area contributed by atoms with Crippen LogP contribution in [-0.2, 0) is 9.59 Å². The summed E-state index contributed by atoms with van der Waals surface area (Å²) in [6.45, 7) is 10.1. The van der Waals surface area contributed by atoms with E-state index in [4.69, 9.17) is 4.74 Å². The van der Waals surface area contributed by atoms with Crippen molar-refractivity contribution >= 4 is 17.5 Å². The van der Waals surface area contributed by atoms with Crippen LogP contribution in [0.2, 0.25) is 0 Å². The van der Waals surface area contributed by atoms with Crippen molar-refractivity contribution in [3.8, 4) is 5.75 Å². The van der Waals surface area contributed by atoms with Gasteiger partial charge in [0.25, 0.3) is 0 Å². The minimum atomic E-state index is 0.0746. The number of benzene rings is 1. The topological polar surface area (TPSA) is 68.4 Å². The molecule has 2 aliphatic heterocycles. The normalized spacial score (nSPS) is 18.3. The number of carbonyl (C=O) groups excluding carboxylic acids is 2. The van der Waals surface area contributed by atoms with Crippen LogP contribution < -0.4 is 15.0 Å². The summed E-state index contributed by atoms with van der Waals surface area (Å²) >= 11 is 0. The third-order valence-electron chi connectivity index (χ3n) is 5.81. The van der Waals surface area contributed by atoms with Crippen LogP contribution in [0.4, 0.5) is 5.69 Å². The van der Waals surface area contributed by atoms with Crippen molar-refractivity contribution in [1.29, 1.82) is 0 Å². The quantitative estimate of drug-likeness (QED) is 0.664. The molecule has 0 aromatic heterocycles. The minimum absolute atomic E-state index is 0.0746. The molecule has 0 radical (unpaired) electrons. The van der Waals surface area contributed by atoms with Crippen molar-refractivity contribution in [3.63, 3.8) is 0 Å². The zero-order valence-corrected chi connectivity index (χ0v) is 18.3. The van der Waals surface area contributed by atoms with Gasteiger partial charge in [-0.2, -0.15) is 0 Å². The number of anilines is 1. The Hall–Kier alpha value is -2.32. The molecule has 166 valence electrons. The van der Waals surface area contributed by atoms with Gasteiger partial charge in [0.1, 0.15) is 5.75 Å². The van der Waals surface area contributed by atoms with Crippen LogP contribution >= 0.6 is 0 Å². The zero-order chi connectivity index (χ0) is 21.3. The summed E-state index contributed by atoms with van der Waals surface area (Å²) in [5.74, 6) is 1.14. The van der Waals surface area contributed by atoms with Crippen molar-refractivity contribution in [2.24, 2.45) is 0 Å². The Bertz CT molecular complexity index is 698. The van der Waals surface area contributed by atoms with E-state index in [1.165, 1.54) is 5.69 Å². The van der Waals surface area contributed by atoms with Crippen molar-refractivity contribution in [1.82, 2.24) is 20.0 Å². The lowest BCUT2D eigenvalue weighted by Gasteiger charge is -2.38. The summed E-state index contributed by atoms with van der Waals surface area (Å²) < 4.78 is 5.32. The summed E-state index contributed by atoms with van der Waals surface area (Å²) in [6.07, 6.45) is 0.946. The first kappa shape index (κ1) is 22.4. The van der Waals surface area contributed by atoms with Gasteiger partial charge >= 0.3 is 0 Å². The number of piperazine rings is 2. The van der Waals surface area contributed by atoms with Crippen molar-refractivity contribution in [2.75, 3.05) is 84.0 Å². The van der Waals surface area contributed by atoms with Crippen molar-refractivity contribution in [3.05, 3.63) is 24.3 Å². The lowest BCUT2D eigenvalue weighted by Crippen LogP contribution is -2.54. The lowest BCUT2D eigenvalue weighted by molar-refractivity contribution is -0.134. The minimum Gasteiger partial charge on any atom is -0.497 e. The molecule has 8 heteroatoms. The average molecular weight is 418 g/mol. The molecule has 8 nitrogen and oxygen atoms in total. The number of hydrogen-bond acceptors (Lipinski definition) is 6. The Morgan fingerprint density at radius 2 is 1.63 bits per heavy atom. The summed E-state index contributed by atoms with van der Waals surface area (Å²) in [5, 5.41) is 2.91. The van der Waals surface area contributed by atoms with E-state index in [1.54, 1.807) is 7.11 Å². The molecule has 1 aromatic carbocycles. The summed E-state index contributed by atoms with van der Waals surface area (Å²) in [4.78, 5) is 33.2. The fraction of sp³-hybridized carbons (Fsp3) is 0.636. The molecule has 0 saturated carbocycles. The van der Waals surface area contributed by atoms with E-state index in [2.05, 4.69) is 32.1 Å². The summed E-state index contributed by atoms with van der Waals surface area (Å²) in [6, 6.07) is 8.13. The maximum atomic E-state index is 12.7. The average Bonchev–Trinajstić information content (AvgIpc) is 2.78. The van der Waals surface area contributed by atoms with Gasteiger partial charge < -0.3 is 19.9 Å². The highest BCUT2D eigenvalue weighted by Gasteiger charge is 2.25. The number of hydrogen-bond donors (Lipinski definition) is 1. The second-order valence-electron chi connectivity index (χ2n) is 7.97. The third kappa shape index (κ3) is 6.34. The predicted molar refractivity (Wildman–Crippen MR) is 118 cm³/mol. The molecule has 2 heterocycles. The van der Waals surface area contributed by atoms with E-state index in [9.17, 15) is 9.59 Å². The van der Waals surface area contributed by atoms with Crippen LogP contribution in [0.1, 0.15) is 13.3 Å². The van der Waals surface area contributed by atoms with Gasteiger partial charge in [0.2, 0.25) is 11.8 Å². The lowest BCUT2D eigenvalue weighted by atomic mass is 10.2. The van der Waals surface area contributed by atoms with Crippen molar-refractivity contribution < 1.29 is 14.3 Å². The first-order chi connectivity index (χ1) is 14.6. The Morgan fingerprint density at radius 3 is 2.30 bits per heavy atom. The van der Waals surface area contributed by atoms with Crippen LogP contribution in [0.3, 0.4) is 0 Å². The molecule has 30 heavy (non-hydrogen) atoms.